The SMILES string of the molecule is Cc1ccc2nc(-c3cccnc3)cc(C(=O)N3CCN(C(=O)COc4cccc(C)c4C)CC3)c2c1. The summed E-state index contributed by atoms with van der Waals surface area (Å²) in [7, 11) is 0. The van der Waals surface area contributed by atoms with E-state index in [4.69, 9.17) is 9.72 Å². The van der Waals surface area contributed by atoms with Gasteiger partial charge in [-0.15, -0.1) is 0 Å². The summed E-state index contributed by atoms with van der Waals surface area (Å²) in [4.78, 5) is 39.1. The van der Waals surface area contributed by atoms with Crippen LogP contribution in [0.15, 0.2) is 67.0 Å². The number of pyridine rings is 2. The molecule has 0 N–H and O–H groups in total. The molecule has 188 valence electrons. The molecular weight excluding hydrogens is 464 g/mol. The fourth-order valence-corrected chi connectivity index (χ4v) is 4.62. The summed E-state index contributed by atoms with van der Waals surface area (Å²) >= 11 is 0. The Hall–Kier alpha value is -4.26. The molecule has 2 aromatic heterocycles. The summed E-state index contributed by atoms with van der Waals surface area (Å²) in [6.07, 6.45) is 3.47. The van der Waals surface area contributed by atoms with Gasteiger partial charge in [-0.1, -0.05) is 23.8 Å². The van der Waals surface area contributed by atoms with Gasteiger partial charge in [-0.25, -0.2) is 4.98 Å². The van der Waals surface area contributed by atoms with Crippen molar-refractivity contribution < 1.29 is 14.3 Å². The van der Waals surface area contributed by atoms with Gasteiger partial charge in [0.1, 0.15) is 5.75 Å². The van der Waals surface area contributed by atoms with E-state index in [1.165, 1.54) is 0 Å². The Bertz CT molecular complexity index is 1460. The first kappa shape index (κ1) is 24.4. The lowest BCUT2D eigenvalue weighted by atomic mass is 10.0. The third kappa shape index (κ3) is 5.16. The number of hydrogen-bond donors (Lipinski definition) is 0. The van der Waals surface area contributed by atoms with Gasteiger partial charge in [0.05, 0.1) is 16.8 Å². The summed E-state index contributed by atoms with van der Waals surface area (Å²) < 4.78 is 5.81. The molecule has 0 unspecified atom stereocenters. The molecule has 7 heteroatoms. The van der Waals surface area contributed by atoms with Crippen molar-refractivity contribution in [3.8, 4) is 17.0 Å². The van der Waals surface area contributed by atoms with E-state index in [1.807, 2.05) is 80.3 Å². The molecule has 2 amide bonds. The van der Waals surface area contributed by atoms with E-state index in [2.05, 4.69) is 4.98 Å². The molecule has 4 aromatic rings. The van der Waals surface area contributed by atoms with Crippen LogP contribution in [0.3, 0.4) is 0 Å². The van der Waals surface area contributed by atoms with Gasteiger partial charge in [-0.05, 0) is 68.3 Å². The van der Waals surface area contributed by atoms with Crippen LogP contribution in [-0.2, 0) is 4.79 Å². The third-order valence-corrected chi connectivity index (χ3v) is 6.98. The fourth-order valence-electron chi connectivity index (χ4n) is 4.62. The minimum Gasteiger partial charge on any atom is -0.483 e. The van der Waals surface area contributed by atoms with E-state index in [9.17, 15) is 9.59 Å². The number of amides is 2. The molecule has 0 bridgehead atoms. The molecule has 1 aliphatic heterocycles. The number of carbonyl (C=O) groups excluding carboxylic acids is 2. The van der Waals surface area contributed by atoms with Crippen molar-refractivity contribution in [2.24, 2.45) is 0 Å². The van der Waals surface area contributed by atoms with Crippen LogP contribution in [0.5, 0.6) is 5.75 Å². The standard InChI is InChI=1S/C30H30N4O3/c1-20-9-10-26-24(16-20)25(17-27(32-26)23-7-5-11-31-18-23)30(36)34-14-12-33(13-15-34)29(35)19-37-28-8-4-6-21(2)22(28)3/h4-11,16-18H,12-15,19H2,1-3H3. The Morgan fingerprint density at radius 2 is 1.70 bits per heavy atom. The highest BCUT2D eigenvalue weighted by atomic mass is 16.5. The molecule has 0 saturated carbocycles. The average Bonchev–Trinajstić information content (AvgIpc) is 2.93. The first-order valence-electron chi connectivity index (χ1n) is 12.5. The number of aromatic nitrogens is 2. The van der Waals surface area contributed by atoms with Crippen LogP contribution in [0.4, 0.5) is 0 Å². The van der Waals surface area contributed by atoms with E-state index in [1.54, 1.807) is 17.3 Å². The molecule has 0 radical (unpaired) electrons. The van der Waals surface area contributed by atoms with Crippen LogP contribution in [-0.4, -0.2) is 64.4 Å². The first-order chi connectivity index (χ1) is 17.9. The van der Waals surface area contributed by atoms with Crippen molar-refractivity contribution in [2.45, 2.75) is 20.8 Å². The number of fused-ring (bicyclic) bond motifs is 1. The molecule has 37 heavy (non-hydrogen) atoms. The van der Waals surface area contributed by atoms with E-state index < -0.39 is 0 Å². The number of aryl methyl sites for hydroxylation is 2. The Morgan fingerprint density at radius 1 is 0.919 bits per heavy atom. The van der Waals surface area contributed by atoms with Crippen molar-refractivity contribution in [2.75, 3.05) is 32.8 Å². The zero-order valence-corrected chi connectivity index (χ0v) is 21.4. The van der Waals surface area contributed by atoms with Crippen molar-refractivity contribution in [3.05, 3.63) is 89.2 Å². The molecule has 0 spiro atoms. The summed E-state index contributed by atoms with van der Waals surface area (Å²) in [6, 6.07) is 17.4. The van der Waals surface area contributed by atoms with E-state index in [0.717, 1.165) is 38.9 Å². The van der Waals surface area contributed by atoms with Crippen LogP contribution < -0.4 is 4.74 Å². The van der Waals surface area contributed by atoms with Crippen molar-refractivity contribution >= 4 is 22.7 Å². The maximum Gasteiger partial charge on any atom is 0.260 e. The van der Waals surface area contributed by atoms with Crippen LogP contribution in [0.2, 0.25) is 0 Å². The van der Waals surface area contributed by atoms with Gasteiger partial charge in [0.2, 0.25) is 0 Å². The Balaban J connectivity index is 1.30. The smallest absolute Gasteiger partial charge is 0.260 e. The van der Waals surface area contributed by atoms with Gasteiger partial charge < -0.3 is 14.5 Å². The lowest BCUT2D eigenvalue weighted by Gasteiger charge is -2.35. The highest BCUT2D eigenvalue weighted by Crippen LogP contribution is 2.27. The molecule has 1 fully saturated rings. The normalized spacial score (nSPS) is 13.6. The number of hydrogen-bond acceptors (Lipinski definition) is 5. The maximum atomic E-state index is 13.7. The van der Waals surface area contributed by atoms with Crippen molar-refractivity contribution in [1.82, 2.24) is 19.8 Å². The number of piperazine rings is 1. The number of ether oxygens (including phenoxy) is 1. The first-order valence-corrected chi connectivity index (χ1v) is 12.5. The van der Waals surface area contributed by atoms with Crippen LogP contribution in [0.25, 0.3) is 22.2 Å². The third-order valence-electron chi connectivity index (χ3n) is 6.98. The highest BCUT2D eigenvalue weighted by Gasteiger charge is 2.27. The van der Waals surface area contributed by atoms with E-state index in [0.29, 0.717) is 37.4 Å². The minimum absolute atomic E-state index is 0.0129. The quantitative estimate of drug-likeness (QED) is 0.406. The fraction of sp³-hybridized carbons (Fsp3) is 0.267. The summed E-state index contributed by atoms with van der Waals surface area (Å²) in [5.74, 6) is 0.602. The molecule has 7 nitrogen and oxygen atoms in total. The molecule has 1 aliphatic rings. The Morgan fingerprint density at radius 3 is 2.46 bits per heavy atom. The predicted molar refractivity (Wildman–Crippen MR) is 144 cm³/mol. The lowest BCUT2D eigenvalue weighted by molar-refractivity contribution is -0.134. The Kier molecular flexibility index (Phi) is 6.86. The highest BCUT2D eigenvalue weighted by molar-refractivity contribution is 6.07. The number of nitrogens with zero attached hydrogens (tertiary/aromatic N) is 4. The number of benzene rings is 2. The zero-order chi connectivity index (χ0) is 25.9. The predicted octanol–water partition coefficient (Wildman–Crippen LogP) is 4.59. The van der Waals surface area contributed by atoms with Gasteiger partial charge in [-0.2, -0.15) is 0 Å². The van der Waals surface area contributed by atoms with Crippen LogP contribution in [0, 0.1) is 20.8 Å². The molecule has 5 rings (SSSR count). The van der Waals surface area contributed by atoms with Gasteiger partial charge in [0.15, 0.2) is 6.61 Å². The topological polar surface area (TPSA) is 75.6 Å². The summed E-state index contributed by atoms with van der Waals surface area (Å²) in [5, 5.41) is 0.832. The molecule has 1 saturated heterocycles. The van der Waals surface area contributed by atoms with Crippen LogP contribution >= 0.6 is 0 Å². The maximum absolute atomic E-state index is 13.7. The number of carbonyl (C=O) groups is 2. The molecule has 2 aromatic carbocycles. The second-order valence-corrected chi connectivity index (χ2v) is 9.48. The largest absolute Gasteiger partial charge is 0.483 e. The minimum atomic E-state index is -0.0724. The van der Waals surface area contributed by atoms with Gasteiger partial charge >= 0.3 is 0 Å². The summed E-state index contributed by atoms with van der Waals surface area (Å²) in [5.41, 5.74) is 6.19. The average molecular weight is 495 g/mol. The van der Waals surface area contributed by atoms with E-state index in [-0.39, 0.29) is 18.4 Å². The van der Waals surface area contributed by atoms with Gasteiger partial charge in [-0.3, -0.25) is 14.6 Å². The van der Waals surface area contributed by atoms with Gasteiger partial charge in [0.25, 0.3) is 11.8 Å². The lowest BCUT2D eigenvalue weighted by Crippen LogP contribution is -2.51. The monoisotopic (exact) mass is 494 g/mol. The summed E-state index contributed by atoms with van der Waals surface area (Å²) in [6.45, 7) is 7.87. The molecule has 0 aliphatic carbocycles. The molecular formula is C30H30N4O3. The zero-order valence-electron chi connectivity index (χ0n) is 21.4. The van der Waals surface area contributed by atoms with Crippen LogP contribution in [0.1, 0.15) is 27.0 Å². The van der Waals surface area contributed by atoms with Gasteiger partial charge in [0, 0.05) is 49.5 Å². The molecule has 3 heterocycles. The van der Waals surface area contributed by atoms with Crippen molar-refractivity contribution in [3.63, 3.8) is 0 Å². The van der Waals surface area contributed by atoms with E-state index >= 15 is 0 Å². The number of rotatable bonds is 5. The second kappa shape index (κ2) is 10.4. The molecule has 0 atom stereocenters. The second-order valence-electron chi connectivity index (χ2n) is 9.48. The Labute approximate surface area is 216 Å². The van der Waals surface area contributed by atoms with Crippen molar-refractivity contribution in [1.29, 1.82) is 0 Å².